The Balaban J connectivity index is 2.52. The van der Waals surface area contributed by atoms with Crippen molar-refractivity contribution in [1.82, 2.24) is 0 Å². The molecule has 0 N–H and O–H groups in total. The fourth-order valence-corrected chi connectivity index (χ4v) is 2.83. The molecule has 1 nitrogen and oxygen atoms in total. The maximum absolute atomic E-state index is 12.3. The first-order valence-corrected chi connectivity index (χ1v) is 6.67. The first-order chi connectivity index (χ1) is 8.00. The lowest BCUT2D eigenvalue weighted by atomic mass is 9.99. The molecule has 1 aromatic carbocycles. The Hall–Kier alpha value is -1.12. The van der Waals surface area contributed by atoms with Crippen LogP contribution in [0.3, 0.4) is 0 Å². The topological polar surface area (TPSA) is 17.1 Å². The standard InChI is InChI=1S/C14H13ClOS/c1-8-4-11(13(15)5-9(8)2)14(16)12-7-17-6-10(12)3/h4-7H,1-3H3. The van der Waals surface area contributed by atoms with Crippen LogP contribution in [0, 0.1) is 20.8 Å². The van der Waals surface area contributed by atoms with Crippen LogP contribution in [-0.4, -0.2) is 5.78 Å². The average molecular weight is 265 g/mol. The summed E-state index contributed by atoms with van der Waals surface area (Å²) in [6.45, 7) is 5.92. The molecule has 0 amide bonds. The fraction of sp³-hybridized carbons (Fsp3) is 0.214. The number of rotatable bonds is 2. The number of benzene rings is 1. The average Bonchev–Trinajstić information content (AvgIpc) is 2.69. The molecule has 0 saturated carbocycles. The van der Waals surface area contributed by atoms with Crippen molar-refractivity contribution in [2.24, 2.45) is 0 Å². The van der Waals surface area contributed by atoms with Crippen LogP contribution in [0.5, 0.6) is 0 Å². The molecule has 1 heterocycles. The van der Waals surface area contributed by atoms with Crippen molar-refractivity contribution in [1.29, 1.82) is 0 Å². The molecule has 2 rings (SSSR count). The number of halogens is 1. The number of ketones is 1. The van der Waals surface area contributed by atoms with Gasteiger partial charge in [-0.1, -0.05) is 11.6 Å². The molecule has 0 fully saturated rings. The summed E-state index contributed by atoms with van der Waals surface area (Å²) in [6.07, 6.45) is 0. The molecular formula is C14H13ClOS. The van der Waals surface area contributed by atoms with Crippen molar-refractivity contribution in [3.63, 3.8) is 0 Å². The summed E-state index contributed by atoms with van der Waals surface area (Å²) in [4.78, 5) is 12.3. The monoisotopic (exact) mass is 264 g/mol. The van der Waals surface area contributed by atoms with Crippen molar-refractivity contribution >= 4 is 28.7 Å². The number of thiophene rings is 1. The molecule has 0 aliphatic rings. The molecule has 88 valence electrons. The first-order valence-electron chi connectivity index (χ1n) is 5.35. The van der Waals surface area contributed by atoms with Gasteiger partial charge in [-0.15, -0.1) is 0 Å². The smallest absolute Gasteiger partial charge is 0.195 e. The third-order valence-electron chi connectivity index (χ3n) is 2.93. The van der Waals surface area contributed by atoms with Gasteiger partial charge in [0.05, 0.1) is 5.02 Å². The van der Waals surface area contributed by atoms with E-state index in [9.17, 15) is 4.79 Å². The van der Waals surface area contributed by atoms with Crippen molar-refractivity contribution < 1.29 is 4.79 Å². The molecule has 3 heteroatoms. The molecule has 0 atom stereocenters. The van der Waals surface area contributed by atoms with E-state index in [4.69, 9.17) is 11.6 Å². The molecule has 1 aromatic heterocycles. The minimum atomic E-state index is 0.0110. The summed E-state index contributed by atoms with van der Waals surface area (Å²) in [6, 6.07) is 3.73. The van der Waals surface area contributed by atoms with Crippen LogP contribution in [0.2, 0.25) is 5.02 Å². The number of carbonyl (C=O) groups is 1. The summed E-state index contributed by atoms with van der Waals surface area (Å²) >= 11 is 7.69. The SMILES string of the molecule is Cc1cc(Cl)c(C(=O)c2cscc2C)cc1C. The lowest BCUT2D eigenvalue weighted by Gasteiger charge is -2.07. The zero-order valence-corrected chi connectivity index (χ0v) is 11.6. The number of hydrogen-bond donors (Lipinski definition) is 0. The van der Waals surface area contributed by atoms with E-state index in [0.29, 0.717) is 10.6 Å². The second-order valence-electron chi connectivity index (χ2n) is 4.21. The second kappa shape index (κ2) is 4.63. The van der Waals surface area contributed by atoms with Crippen LogP contribution in [-0.2, 0) is 0 Å². The van der Waals surface area contributed by atoms with Crippen LogP contribution in [0.25, 0.3) is 0 Å². The van der Waals surface area contributed by atoms with Crippen LogP contribution in [0.4, 0.5) is 0 Å². The molecular weight excluding hydrogens is 252 g/mol. The van der Waals surface area contributed by atoms with E-state index in [-0.39, 0.29) is 5.78 Å². The van der Waals surface area contributed by atoms with Crippen LogP contribution in [0.1, 0.15) is 32.6 Å². The number of aryl methyl sites for hydroxylation is 3. The molecule has 0 saturated heterocycles. The van der Waals surface area contributed by atoms with Crippen molar-refractivity contribution in [2.75, 3.05) is 0 Å². The lowest BCUT2D eigenvalue weighted by Crippen LogP contribution is -2.03. The quantitative estimate of drug-likeness (QED) is 0.727. The Bertz CT molecular complexity index is 584. The highest BCUT2D eigenvalue weighted by Gasteiger charge is 2.16. The molecule has 0 radical (unpaired) electrons. The Kier molecular flexibility index (Phi) is 3.36. The Morgan fingerprint density at radius 3 is 2.24 bits per heavy atom. The summed E-state index contributed by atoms with van der Waals surface area (Å²) in [5, 5.41) is 4.38. The van der Waals surface area contributed by atoms with Crippen molar-refractivity contribution in [3.05, 3.63) is 55.7 Å². The highest BCUT2D eigenvalue weighted by molar-refractivity contribution is 7.08. The summed E-state index contributed by atoms with van der Waals surface area (Å²) in [7, 11) is 0. The molecule has 0 spiro atoms. The predicted molar refractivity (Wildman–Crippen MR) is 73.4 cm³/mol. The largest absolute Gasteiger partial charge is 0.289 e. The maximum atomic E-state index is 12.3. The normalized spacial score (nSPS) is 10.6. The third kappa shape index (κ3) is 2.28. The summed E-state index contributed by atoms with van der Waals surface area (Å²) in [5.41, 5.74) is 4.55. The maximum Gasteiger partial charge on any atom is 0.195 e. The van der Waals surface area contributed by atoms with E-state index < -0.39 is 0 Å². The van der Waals surface area contributed by atoms with E-state index >= 15 is 0 Å². The molecule has 0 aliphatic heterocycles. The van der Waals surface area contributed by atoms with E-state index in [2.05, 4.69) is 0 Å². The predicted octanol–water partition coefficient (Wildman–Crippen LogP) is 4.56. The van der Waals surface area contributed by atoms with E-state index in [1.54, 1.807) is 0 Å². The van der Waals surface area contributed by atoms with Crippen molar-refractivity contribution in [3.8, 4) is 0 Å². The van der Waals surface area contributed by atoms with E-state index in [1.807, 2.05) is 43.7 Å². The molecule has 0 unspecified atom stereocenters. The third-order valence-corrected chi connectivity index (χ3v) is 4.10. The summed E-state index contributed by atoms with van der Waals surface area (Å²) < 4.78 is 0. The minimum Gasteiger partial charge on any atom is -0.289 e. The van der Waals surface area contributed by atoms with Crippen molar-refractivity contribution in [2.45, 2.75) is 20.8 Å². The summed E-state index contributed by atoms with van der Waals surface area (Å²) in [5.74, 6) is 0.0110. The zero-order chi connectivity index (χ0) is 12.6. The molecule has 2 aromatic rings. The highest BCUT2D eigenvalue weighted by atomic mass is 35.5. The lowest BCUT2D eigenvalue weighted by molar-refractivity contribution is 0.103. The number of hydrogen-bond acceptors (Lipinski definition) is 2. The van der Waals surface area contributed by atoms with E-state index in [1.165, 1.54) is 11.3 Å². The van der Waals surface area contributed by atoms with Gasteiger partial charge < -0.3 is 0 Å². The van der Waals surface area contributed by atoms with Gasteiger partial charge in [0, 0.05) is 16.5 Å². The number of carbonyl (C=O) groups excluding carboxylic acids is 1. The van der Waals surface area contributed by atoms with Gasteiger partial charge in [0.15, 0.2) is 5.78 Å². The van der Waals surface area contributed by atoms with Gasteiger partial charge >= 0.3 is 0 Å². The van der Waals surface area contributed by atoms with Gasteiger partial charge in [0.1, 0.15) is 0 Å². The fourth-order valence-electron chi connectivity index (χ4n) is 1.69. The van der Waals surface area contributed by atoms with Gasteiger partial charge in [-0.2, -0.15) is 11.3 Å². The van der Waals surface area contributed by atoms with Gasteiger partial charge in [0.25, 0.3) is 0 Å². The first kappa shape index (κ1) is 12.3. The Morgan fingerprint density at radius 2 is 1.65 bits per heavy atom. The van der Waals surface area contributed by atoms with Crippen LogP contribution < -0.4 is 0 Å². The zero-order valence-electron chi connectivity index (χ0n) is 10.0. The molecule has 0 aliphatic carbocycles. The Labute approximate surface area is 110 Å². The second-order valence-corrected chi connectivity index (χ2v) is 5.36. The van der Waals surface area contributed by atoms with Gasteiger partial charge in [-0.05, 0) is 55.0 Å². The highest BCUT2D eigenvalue weighted by Crippen LogP contribution is 2.25. The Morgan fingerprint density at radius 1 is 1.00 bits per heavy atom. The van der Waals surface area contributed by atoms with Crippen LogP contribution >= 0.6 is 22.9 Å². The molecule has 17 heavy (non-hydrogen) atoms. The van der Waals surface area contributed by atoms with Gasteiger partial charge in [-0.25, -0.2) is 0 Å². The molecule has 0 bridgehead atoms. The van der Waals surface area contributed by atoms with Gasteiger partial charge in [-0.3, -0.25) is 4.79 Å². The van der Waals surface area contributed by atoms with Gasteiger partial charge in [0.2, 0.25) is 0 Å². The minimum absolute atomic E-state index is 0.0110. The van der Waals surface area contributed by atoms with E-state index in [0.717, 1.165) is 22.3 Å². The van der Waals surface area contributed by atoms with Crippen LogP contribution in [0.15, 0.2) is 22.9 Å².